The molecule has 0 radical (unpaired) electrons. The van der Waals surface area contributed by atoms with E-state index in [2.05, 4.69) is 151 Å². The first-order valence-corrected chi connectivity index (χ1v) is 12.2. The molecule has 0 fully saturated rings. The second-order valence-corrected chi connectivity index (χ2v) is 11.1. The van der Waals surface area contributed by atoms with E-state index in [1.165, 1.54) is 44.5 Å². The molecule has 0 saturated carbocycles. The Morgan fingerprint density at radius 3 is 0.882 bits per heavy atom. The Labute approximate surface area is 206 Å². The average Bonchev–Trinajstić information content (AvgIpc) is 2.83. The molecule has 0 aromatic heterocycles. The minimum absolute atomic E-state index is 0.123. The maximum Gasteiger partial charge on any atom is -0.00268 e. The smallest absolute Gasteiger partial charge is 0.00268 e. The molecule has 0 heteroatoms. The number of hydrogen-bond donors (Lipinski definition) is 0. The monoisotopic (exact) mass is 444 g/mol. The summed E-state index contributed by atoms with van der Waals surface area (Å²) < 4.78 is 0. The van der Waals surface area contributed by atoms with Crippen molar-refractivity contribution < 1.29 is 0 Å². The largest absolute Gasteiger partial charge is 0.0622 e. The standard InChI is InChI=1S/C34H36/c1-33(2,3)29-21-17-27(18-22-29)32(28-19-23-30(24-20-28)34(4,5)6)31(25-13-9-7-10-14-25)26-15-11-8-12-16-26/h7-24H,1-6H3. The van der Waals surface area contributed by atoms with Crippen LogP contribution in [0.4, 0.5) is 0 Å². The van der Waals surface area contributed by atoms with Crippen LogP contribution in [0.1, 0.15) is 74.9 Å². The van der Waals surface area contributed by atoms with E-state index in [9.17, 15) is 0 Å². The molecular weight excluding hydrogens is 408 g/mol. The Balaban J connectivity index is 2.02. The first-order valence-electron chi connectivity index (χ1n) is 12.2. The molecule has 0 spiro atoms. The van der Waals surface area contributed by atoms with Crippen LogP contribution in [0.2, 0.25) is 0 Å². The molecule has 0 aliphatic rings. The summed E-state index contributed by atoms with van der Waals surface area (Å²) in [5, 5.41) is 0. The first-order chi connectivity index (χ1) is 16.1. The second-order valence-electron chi connectivity index (χ2n) is 11.1. The van der Waals surface area contributed by atoms with Crippen LogP contribution < -0.4 is 0 Å². The lowest BCUT2D eigenvalue weighted by Gasteiger charge is -2.23. The first kappa shape index (κ1) is 23.8. The lowest BCUT2D eigenvalue weighted by atomic mass is 9.81. The highest BCUT2D eigenvalue weighted by Gasteiger charge is 2.19. The fraction of sp³-hybridized carbons (Fsp3) is 0.235. The lowest BCUT2D eigenvalue weighted by Crippen LogP contribution is -2.11. The molecule has 0 heterocycles. The van der Waals surface area contributed by atoms with Gasteiger partial charge in [-0.05, 0) is 55.4 Å². The third-order valence-corrected chi connectivity index (χ3v) is 6.45. The van der Waals surface area contributed by atoms with Crippen molar-refractivity contribution in [2.45, 2.75) is 52.4 Å². The topological polar surface area (TPSA) is 0 Å². The lowest BCUT2D eigenvalue weighted by molar-refractivity contribution is 0.590. The molecule has 4 aromatic carbocycles. The number of rotatable bonds is 4. The summed E-state index contributed by atoms with van der Waals surface area (Å²) in [7, 11) is 0. The highest BCUT2D eigenvalue weighted by molar-refractivity contribution is 6.04. The molecule has 0 unspecified atom stereocenters. The molecule has 0 amide bonds. The van der Waals surface area contributed by atoms with E-state index in [0.717, 1.165) is 0 Å². The summed E-state index contributed by atoms with van der Waals surface area (Å²) in [5.41, 5.74) is 10.4. The Morgan fingerprint density at radius 1 is 0.353 bits per heavy atom. The zero-order chi connectivity index (χ0) is 24.3. The van der Waals surface area contributed by atoms with Crippen molar-refractivity contribution in [3.05, 3.63) is 143 Å². The quantitative estimate of drug-likeness (QED) is 0.275. The predicted molar refractivity (Wildman–Crippen MR) is 148 cm³/mol. The van der Waals surface area contributed by atoms with E-state index in [4.69, 9.17) is 0 Å². The summed E-state index contributed by atoms with van der Waals surface area (Å²) in [6.07, 6.45) is 0. The van der Waals surface area contributed by atoms with Crippen LogP contribution in [0.5, 0.6) is 0 Å². The van der Waals surface area contributed by atoms with E-state index in [1.807, 2.05) is 0 Å². The molecule has 0 bridgehead atoms. The maximum atomic E-state index is 2.29. The zero-order valence-corrected chi connectivity index (χ0v) is 21.4. The highest BCUT2D eigenvalue weighted by Crippen LogP contribution is 2.38. The van der Waals surface area contributed by atoms with Gasteiger partial charge in [-0.1, -0.05) is 151 Å². The van der Waals surface area contributed by atoms with E-state index in [1.54, 1.807) is 0 Å². The minimum Gasteiger partial charge on any atom is -0.0622 e. The van der Waals surface area contributed by atoms with Gasteiger partial charge in [0.15, 0.2) is 0 Å². The average molecular weight is 445 g/mol. The predicted octanol–water partition coefficient (Wildman–Crippen LogP) is 9.29. The van der Waals surface area contributed by atoms with Gasteiger partial charge in [-0.25, -0.2) is 0 Å². The van der Waals surface area contributed by atoms with E-state index in [0.29, 0.717) is 0 Å². The number of benzene rings is 4. The van der Waals surface area contributed by atoms with Crippen molar-refractivity contribution in [3.63, 3.8) is 0 Å². The van der Waals surface area contributed by atoms with Gasteiger partial charge in [-0.3, -0.25) is 0 Å². The van der Waals surface area contributed by atoms with Crippen molar-refractivity contribution in [1.29, 1.82) is 0 Å². The molecule has 34 heavy (non-hydrogen) atoms. The van der Waals surface area contributed by atoms with Crippen LogP contribution in [-0.4, -0.2) is 0 Å². The minimum atomic E-state index is 0.123. The van der Waals surface area contributed by atoms with Crippen LogP contribution in [0.15, 0.2) is 109 Å². The van der Waals surface area contributed by atoms with Gasteiger partial charge in [-0.15, -0.1) is 0 Å². The maximum absolute atomic E-state index is 2.29. The molecule has 0 N–H and O–H groups in total. The fourth-order valence-corrected chi connectivity index (χ4v) is 4.39. The van der Waals surface area contributed by atoms with Crippen LogP contribution >= 0.6 is 0 Å². The van der Waals surface area contributed by atoms with E-state index >= 15 is 0 Å². The molecular formula is C34H36. The van der Waals surface area contributed by atoms with Gasteiger partial charge in [0.25, 0.3) is 0 Å². The van der Waals surface area contributed by atoms with E-state index < -0.39 is 0 Å². The highest BCUT2D eigenvalue weighted by atomic mass is 14.2. The van der Waals surface area contributed by atoms with Gasteiger partial charge in [0.2, 0.25) is 0 Å². The van der Waals surface area contributed by atoms with Crippen LogP contribution in [0.3, 0.4) is 0 Å². The summed E-state index contributed by atoms with van der Waals surface area (Å²) in [6.45, 7) is 13.6. The molecule has 0 nitrogen and oxygen atoms in total. The van der Waals surface area contributed by atoms with Crippen LogP contribution in [0.25, 0.3) is 11.1 Å². The Bertz CT molecular complexity index is 1140. The Hall–Kier alpha value is -3.38. The summed E-state index contributed by atoms with van der Waals surface area (Å²) in [4.78, 5) is 0. The van der Waals surface area contributed by atoms with Gasteiger partial charge in [0, 0.05) is 0 Å². The van der Waals surface area contributed by atoms with Gasteiger partial charge in [-0.2, -0.15) is 0 Å². The third kappa shape index (κ3) is 5.23. The van der Waals surface area contributed by atoms with Crippen molar-refractivity contribution in [2.24, 2.45) is 0 Å². The zero-order valence-electron chi connectivity index (χ0n) is 21.4. The summed E-state index contributed by atoms with van der Waals surface area (Å²) in [6, 6.07) is 39.8. The normalized spacial score (nSPS) is 11.8. The van der Waals surface area contributed by atoms with Gasteiger partial charge in [0.1, 0.15) is 0 Å². The van der Waals surface area contributed by atoms with Crippen LogP contribution in [0, 0.1) is 0 Å². The van der Waals surface area contributed by atoms with Crippen molar-refractivity contribution in [1.82, 2.24) is 0 Å². The van der Waals surface area contributed by atoms with Gasteiger partial charge in [0.05, 0.1) is 0 Å². The van der Waals surface area contributed by atoms with Gasteiger partial charge >= 0.3 is 0 Å². The van der Waals surface area contributed by atoms with Gasteiger partial charge < -0.3 is 0 Å². The summed E-state index contributed by atoms with van der Waals surface area (Å²) >= 11 is 0. The second kappa shape index (κ2) is 9.47. The molecule has 172 valence electrons. The SMILES string of the molecule is CC(C)(C)c1ccc(C(=C(c2ccccc2)c2ccccc2)c2ccc(C(C)(C)C)cc2)cc1. The number of hydrogen-bond acceptors (Lipinski definition) is 0. The molecule has 0 atom stereocenters. The van der Waals surface area contributed by atoms with Crippen LogP contribution in [-0.2, 0) is 10.8 Å². The molecule has 4 aromatic rings. The third-order valence-electron chi connectivity index (χ3n) is 6.45. The summed E-state index contributed by atoms with van der Waals surface area (Å²) in [5.74, 6) is 0. The molecule has 0 aliphatic heterocycles. The molecule has 4 rings (SSSR count). The van der Waals surface area contributed by atoms with Crippen molar-refractivity contribution >= 4 is 11.1 Å². The Morgan fingerprint density at radius 2 is 0.618 bits per heavy atom. The van der Waals surface area contributed by atoms with E-state index in [-0.39, 0.29) is 10.8 Å². The van der Waals surface area contributed by atoms with Crippen molar-refractivity contribution in [3.8, 4) is 0 Å². The van der Waals surface area contributed by atoms with Crippen molar-refractivity contribution in [2.75, 3.05) is 0 Å². The molecule has 0 aliphatic carbocycles. The fourth-order valence-electron chi connectivity index (χ4n) is 4.39. The Kier molecular flexibility index (Phi) is 6.62. The molecule has 0 saturated heterocycles.